The van der Waals surface area contributed by atoms with Gasteiger partial charge in [-0.05, 0) is 50.2 Å². The van der Waals surface area contributed by atoms with Crippen LogP contribution in [0.3, 0.4) is 0 Å². The highest BCUT2D eigenvalue weighted by molar-refractivity contribution is 6.30. The van der Waals surface area contributed by atoms with Crippen molar-refractivity contribution < 1.29 is 18.7 Å². The second-order valence-electron chi connectivity index (χ2n) is 8.75. The lowest BCUT2D eigenvalue weighted by Gasteiger charge is -2.69. The lowest BCUT2D eigenvalue weighted by atomic mass is 9.39. The zero-order chi connectivity index (χ0) is 21.4. The van der Waals surface area contributed by atoms with Crippen molar-refractivity contribution in [1.29, 1.82) is 5.26 Å². The number of halogens is 2. The van der Waals surface area contributed by atoms with Crippen molar-refractivity contribution in [2.24, 2.45) is 11.3 Å². The molecule has 2 bridgehead atoms. The van der Waals surface area contributed by atoms with Gasteiger partial charge in [-0.25, -0.2) is 4.39 Å². The van der Waals surface area contributed by atoms with Crippen molar-refractivity contribution in [1.82, 2.24) is 16.0 Å². The van der Waals surface area contributed by atoms with E-state index in [2.05, 4.69) is 22.0 Å². The number of hydrogen-bond donors (Lipinski definition) is 3. The van der Waals surface area contributed by atoms with Crippen molar-refractivity contribution in [3.05, 3.63) is 29.0 Å². The van der Waals surface area contributed by atoms with E-state index in [1.807, 2.05) is 0 Å². The fraction of sp³-hybridized carbons (Fsp3) is 0.571. The summed E-state index contributed by atoms with van der Waals surface area (Å²) in [5.74, 6) is -0.266. The van der Waals surface area contributed by atoms with E-state index >= 15 is 0 Å². The Morgan fingerprint density at radius 3 is 2.73 bits per heavy atom. The smallest absolute Gasteiger partial charge is 0.258 e. The SMILES string of the molecule is N#CC1CCC(CNC(=O)C23CC(NC(=O)COc4ccc(Cl)c(F)c4)(C2)C3)CN1. The molecule has 1 saturated heterocycles. The van der Waals surface area contributed by atoms with Crippen LogP contribution in [-0.4, -0.2) is 43.1 Å². The minimum absolute atomic E-state index is 0.00430. The van der Waals surface area contributed by atoms with E-state index in [0.717, 1.165) is 25.5 Å². The molecule has 2 amide bonds. The van der Waals surface area contributed by atoms with Gasteiger partial charge in [0.25, 0.3) is 5.91 Å². The normalized spacial score (nSPS) is 31.5. The molecular formula is C21H24ClFN4O3. The Kier molecular flexibility index (Phi) is 5.60. The molecular weight excluding hydrogens is 411 g/mol. The zero-order valence-electron chi connectivity index (χ0n) is 16.5. The number of carbonyl (C=O) groups is 2. The minimum atomic E-state index is -0.601. The summed E-state index contributed by atoms with van der Waals surface area (Å²) in [4.78, 5) is 24.8. The fourth-order valence-electron chi connectivity index (χ4n) is 4.83. The molecule has 1 aromatic rings. The first-order valence-corrected chi connectivity index (χ1v) is 10.5. The standard InChI is InChI=1S/C21H24ClFN4O3/c22-16-4-3-15(5-17(16)23)30-9-18(28)27-21-10-20(11-21,12-21)19(29)26-8-13-1-2-14(6-24)25-7-13/h3-5,13-14,25H,1-2,7-12H2,(H,26,29)(H,27,28). The maximum atomic E-state index is 13.4. The summed E-state index contributed by atoms with van der Waals surface area (Å²) in [7, 11) is 0. The number of nitriles is 1. The maximum absolute atomic E-state index is 13.4. The van der Waals surface area contributed by atoms with Crippen LogP contribution < -0.4 is 20.7 Å². The van der Waals surface area contributed by atoms with Crippen LogP contribution in [0.5, 0.6) is 5.75 Å². The third-order valence-electron chi connectivity index (χ3n) is 6.40. The van der Waals surface area contributed by atoms with E-state index in [1.165, 1.54) is 12.1 Å². The van der Waals surface area contributed by atoms with Crippen LogP contribution in [0.2, 0.25) is 5.02 Å². The Morgan fingerprint density at radius 2 is 2.10 bits per heavy atom. The fourth-order valence-corrected chi connectivity index (χ4v) is 4.95. The largest absolute Gasteiger partial charge is 0.484 e. The second-order valence-corrected chi connectivity index (χ2v) is 9.15. The van der Waals surface area contributed by atoms with Gasteiger partial charge in [0, 0.05) is 24.7 Å². The monoisotopic (exact) mass is 434 g/mol. The van der Waals surface area contributed by atoms with E-state index in [1.54, 1.807) is 0 Å². The van der Waals surface area contributed by atoms with Gasteiger partial charge in [-0.3, -0.25) is 9.59 Å². The van der Waals surface area contributed by atoms with Crippen LogP contribution in [0.15, 0.2) is 18.2 Å². The average molecular weight is 435 g/mol. The molecule has 3 N–H and O–H groups in total. The Morgan fingerprint density at radius 1 is 1.33 bits per heavy atom. The maximum Gasteiger partial charge on any atom is 0.258 e. The number of hydrogen-bond acceptors (Lipinski definition) is 5. The van der Waals surface area contributed by atoms with Crippen molar-refractivity contribution in [3.63, 3.8) is 0 Å². The summed E-state index contributed by atoms with van der Waals surface area (Å²) in [6.45, 7) is 1.12. The summed E-state index contributed by atoms with van der Waals surface area (Å²) in [5.41, 5.74) is -0.694. The first-order chi connectivity index (χ1) is 14.3. The predicted octanol–water partition coefficient (Wildman–Crippen LogP) is 1.90. The first kappa shape index (κ1) is 20.9. The molecule has 0 spiro atoms. The summed E-state index contributed by atoms with van der Waals surface area (Å²) in [6.07, 6.45) is 3.63. The molecule has 1 aliphatic heterocycles. The summed E-state index contributed by atoms with van der Waals surface area (Å²) >= 11 is 5.62. The molecule has 5 rings (SSSR count). The Hall–Kier alpha value is -2.37. The number of nitrogens with zero attached hydrogens (tertiary/aromatic N) is 1. The van der Waals surface area contributed by atoms with Gasteiger partial charge < -0.3 is 20.7 Å². The van der Waals surface area contributed by atoms with Crippen LogP contribution in [0.1, 0.15) is 32.1 Å². The third-order valence-corrected chi connectivity index (χ3v) is 6.71. The lowest BCUT2D eigenvalue weighted by Crippen LogP contribution is -2.78. The Balaban J connectivity index is 1.16. The van der Waals surface area contributed by atoms with Crippen LogP contribution in [-0.2, 0) is 9.59 Å². The molecule has 7 nitrogen and oxygen atoms in total. The molecule has 4 aliphatic rings. The number of amides is 2. The molecule has 4 fully saturated rings. The van der Waals surface area contributed by atoms with Gasteiger partial charge in [-0.1, -0.05) is 11.6 Å². The highest BCUT2D eigenvalue weighted by Gasteiger charge is 2.72. The summed E-state index contributed by atoms with van der Waals surface area (Å²) in [6, 6.07) is 6.15. The Bertz CT molecular complexity index is 875. The number of piperidine rings is 1. The average Bonchev–Trinajstić information content (AvgIpc) is 2.69. The van der Waals surface area contributed by atoms with Crippen LogP contribution >= 0.6 is 11.6 Å². The molecule has 0 aromatic heterocycles. The van der Waals surface area contributed by atoms with Crippen molar-refractivity contribution in [3.8, 4) is 11.8 Å². The highest BCUT2D eigenvalue weighted by Crippen LogP contribution is 2.67. The zero-order valence-corrected chi connectivity index (χ0v) is 17.2. The van der Waals surface area contributed by atoms with E-state index < -0.39 is 5.82 Å². The van der Waals surface area contributed by atoms with E-state index in [-0.39, 0.29) is 46.2 Å². The minimum Gasteiger partial charge on any atom is -0.484 e. The molecule has 2 atom stereocenters. The van der Waals surface area contributed by atoms with E-state index in [0.29, 0.717) is 31.7 Å². The van der Waals surface area contributed by atoms with Crippen molar-refractivity contribution >= 4 is 23.4 Å². The first-order valence-electron chi connectivity index (χ1n) is 10.1. The quantitative estimate of drug-likeness (QED) is 0.608. The molecule has 3 aliphatic carbocycles. The molecule has 3 saturated carbocycles. The number of carbonyl (C=O) groups excluding carboxylic acids is 2. The van der Waals surface area contributed by atoms with Crippen LogP contribution in [0.25, 0.3) is 0 Å². The number of nitrogens with one attached hydrogen (secondary N) is 3. The molecule has 160 valence electrons. The molecule has 0 radical (unpaired) electrons. The molecule has 1 aromatic carbocycles. The Labute approximate surface area is 179 Å². The molecule has 9 heteroatoms. The van der Waals surface area contributed by atoms with Gasteiger partial charge in [0.15, 0.2) is 6.61 Å². The van der Waals surface area contributed by atoms with Crippen molar-refractivity contribution in [2.45, 2.75) is 43.7 Å². The highest BCUT2D eigenvalue weighted by atomic mass is 35.5. The van der Waals surface area contributed by atoms with Gasteiger partial charge in [0.05, 0.1) is 22.5 Å². The summed E-state index contributed by atoms with van der Waals surface area (Å²) in [5, 5.41) is 18.1. The van der Waals surface area contributed by atoms with E-state index in [9.17, 15) is 14.0 Å². The molecule has 1 heterocycles. The number of benzene rings is 1. The number of rotatable bonds is 7. The summed E-state index contributed by atoms with van der Waals surface area (Å²) < 4.78 is 18.7. The van der Waals surface area contributed by atoms with Gasteiger partial charge in [-0.15, -0.1) is 0 Å². The van der Waals surface area contributed by atoms with Crippen molar-refractivity contribution in [2.75, 3.05) is 19.7 Å². The second kappa shape index (κ2) is 8.05. The van der Waals surface area contributed by atoms with Gasteiger partial charge in [-0.2, -0.15) is 5.26 Å². The van der Waals surface area contributed by atoms with Gasteiger partial charge >= 0.3 is 0 Å². The molecule has 30 heavy (non-hydrogen) atoms. The third kappa shape index (κ3) is 4.09. The van der Waals surface area contributed by atoms with E-state index in [4.69, 9.17) is 21.6 Å². The van der Waals surface area contributed by atoms with Crippen LogP contribution in [0, 0.1) is 28.5 Å². The van der Waals surface area contributed by atoms with Gasteiger partial charge in [0.1, 0.15) is 11.6 Å². The topological polar surface area (TPSA) is 103 Å². The van der Waals surface area contributed by atoms with Gasteiger partial charge in [0.2, 0.25) is 5.91 Å². The lowest BCUT2D eigenvalue weighted by molar-refractivity contribution is -0.184. The predicted molar refractivity (Wildman–Crippen MR) is 107 cm³/mol. The number of ether oxygens (including phenoxy) is 1. The molecule has 2 unspecified atom stereocenters. The van der Waals surface area contributed by atoms with Crippen LogP contribution in [0.4, 0.5) is 4.39 Å².